The van der Waals surface area contributed by atoms with Crippen LogP contribution in [0.2, 0.25) is 0 Å². The number of carbonyl (C=O) groups excluding carboxylic acids is 4. The fourth-order valence-electron chi connectivity index (χ4n) is 3.60. The van der Waals surface area contributed by atoms with E-state index in [2.05, 4.69) is 20.9 Å². The van der Waals surface area contributed by atoms with Gasteiger partial charge < -0.3 is 44.0 Å². The number of thioether (sulfide) groups is 1. The zero-order valence-corrected chi connectivity index (χ0v) is 23.3. The average molecular weight is 581 g/mol. The number of primary amides is 1. The number of nitrogens with one attached hydrogen (secondary N) is 3. The summed E-state index contributed by atoms with van der Waals surface area (Å²) in [5.74, 6) is -3.66. The van der Waals surface area contributed by atoms with E-state index in [4.69, 9.17) is 22.9 Å². The third-order valence-corrected chi connectivity index (χ3v) is 6.40. The number of aliphatic imine (C=N–C) groups is 1. The van der Waals surface area contributed by atoms with Crippen LogP contribution in [0.1, 0.15) is 37.7 Å². The second-order valence-corrected chi connectivity index (χ2v) is 10.0. The van der Waals surface area contributed by atoms with Gasteiger partial charge in [0.05, 0.1) is 6.04 Å². The van der Waals surface area contributed by atoms with Gasteiger partial charge in [0.25, 0.3) is 0 Å². The minimum atomic E-state index is -1.38. The molecule has 222 valence electrons. The molecule has 0 saturated carbocycles. The zero-order valence-electron chi connectivity index (χ0n) is 22.5. The van der Waals surface area contributed by atoms with Crippen molar-refractivity contribution in [3.8, 4) is 0 Å². The van der Waals surface area contributed by atoms with Crippen LogP contribution in [0.4, 0.5) is 0 Å². The van der Waals surface area contributed by atoms with E-state index in [0.717, 1.165) is 5.56 Å². The van der Waals surface area contributed by atoms with Crippen molar-refractivity contribution >= 4 is 47.3 Å². The molecule has 0 fully saturated rings. The van der Waals surface area contributed by atoms with Crippen molar-refractivity contribution in [3.05, 3.63) is 35.9 Å². The second-order valence-electron chi connectivity index (χ2n) is 9.05. The molecule has 1 aromatic rings. The highest BCUT2D eigenvalue weighted by Gasteiger charge is 2.30. The first-order valence-corrected chi connectivity index (χ1v) is 14.1. The van der Waals surface area contributed by atoms with Gasteiger partial charge in [-0.3, -0.25) is 24.2 Å². The first-order chi connectivity index (χ1) is 18.9. The van der Waals surface area contributed by atoms with Crippen LogP contribution in [0.3, 0.4) is 0 Å². The summed E-state index contributed by atoms with van der Waals surface area (Å²) in [5.41, 5.74) is 22.7. The number of nitrogens with zero attached hydrogens (tertiary/aromatic N) is 1. The van der Waals surface area contributed by atoms with Gasteiger partial charge in [-0.1, -0.05) is 30.3 Å². The Morgan fingerprint density at radius 3 is 2.00 bits per heavy atom. The fraction of sp³-hybridized carbons (Fsp3) is 0.520. The average Bonchev–Trinajstić information content (AvgIpc) is 2.90. The minimum absolute atomic E-state index is 0.118. The standard InChI is InChI=1S/C25H40N8O6S/c1-40-13-11-18(23(37)33-19(24(38)39)9-10-20(27)34)32-22(36)17(8-5-12-30-25(28)29)31-21(35)16(26)14-15-6-3-2-4-7-15/h2-4,6-7,16-19H,5,8-14,26H2,1H3,(H2,27,34)(H,31,35)(H,32,36)(H,33,37)(H,38,39)(H4,28,29,30). The summed E-state index contributed by atoms with van der Waals surface area (Å²) in [6.07, 6.45) is 2.26. The monoisotopic (exact) mass is 580 g/mol. The van der Waals surface area contributed by atoms with E-state index in [-0.39, 0.29) is 44.6 Å². The zero-order chi connectivity index (χ0) is 30.1. The number of carboxylic acids is 1. The molecule has 0 bridgehead atoms. The van der Waals surface area contributed by atoms with Crippen LogP contribution in [-0.2, 0) is 30.4 Å². The molecule has 0 aliphatic carbocycles. The van der Waals surface area contributed by atoms with Crippen molar-refractivity contribution in [1.29, 1.82) is 0 Å². The van der Waals surface area contributed by atoms with E-state index in [9.17, 15) is 29.1 Å². The summed E-state index contributed by atoms with van der Waals surface area (Å²) >= 11 is 1.42. The molecule has 0 aliphatic rings. The number of guanidine groups is 1. The van der Waals surface area contributed by atoms with Crippen LogP contribution >= 0.6 is 11.8 Å². The predicted octanol–water partition coefficient (Wildman–Crippen LogP) is -1.83. The SMILES string of the molecule is CSCCC(NC(=O)C(CCCN=C(N)N)NC(=O)C(N)Cc1ccccc1)C(=O)NC(CCC(N)=O)C(=O)O. The van der Waals surface area contributed by atoms with Gasteiger partial charge in [0, 0.05) is 13.0 Å². The molecule has 0 aliphatic heterocycles. The third-order valence-electron chi connectivity index (χ3n) is 5.75. The Balaban J connectivity index is 3.01. The first kappa shape index (κ1) is 34.2. The largest absolute Gasteiger partial charge is 0.480 e. The van der Waals surface area contributed by atoms with Crippen molar-refractivity contribution in [2.45, 2.75) is 62.7 Å². The lowest BCUT2D eigenvalue weighted by atomic mass is 10.0. The van der Waals surface area contributed by atoms with Crippen LogP contribution in [0.25, 0.3) is 0 Å². The molecule has 0 spiro atoms. The molecule has 0 radical (unpaired) electrons. The fourth-order valence-corrected chi connectivity index (χ4v) is 4.08. The normalized spacial score (nSPS) is 13.7. The number of nitrogens with two attached hydrogens (primary N) is 4. The van der Waals surface area contributed by atoms with Crippen LogP contribution in [0, 0.1) is 0 Å². The highest BCUT2D eigenvalue weighted by Crippen LogP contribution is 2.08. The number of benzene rings is 1. The number of carboxylic acid groups (broad SMARTS) is 1. The summed E-state index contributed by atoms with van der Waals surface area (Å²) in [6, 6.07) is 4.65. The molecule has 0 saturated heterocycles. The van der Waals surface area contributed by atoms with Gasteiger partial charge in [-0.15, -0.1) is 0 Å². The molecular formula is C25H40N8O6S. The number of amides is 4. The van der Waals surface area contributed by atoms with E-state index in [1.54, 1.807) is 0 Å². The first-order valence-electron chi connectivity index (χ1n) is 12.7. The van der Waals surface area contributed by atoms with Gasteiger partial charge in [-0.2, -0.15) is 11.8 Å². The van der Waals surface area contributed by atoms with Gasteiger partial charge in [0.1, 0.15) is 18.1 Å². The van der Waals surface area contributed by atoms with Crippen molar-refractivity contribution in [2.75, 3.05) is 18.6 Å². The lowest BCUT2D eigenvalue weighted by Gasteiger charge is -2.25. The molecule has 1 rings (SSSR count). The Morgan fingerprint density at radius 2 is 1.45 bits per heavy atom. The van der Waals surface area contributed by atoms with Crippen LogP contribution in [0.5, 0.6) is 0 Å². The summed E-state index contributed by atoms with van der Waals surface area (Å²) in [7, 11) is 0. The molecule has 4 amide bonds. The molecule has 4 unspecified atom stereocenters. The number of aliphatic carboxylic acids is 1. The van der Waals surface area contributed by atoms with E-state index in [1.165, 1.54) is 11.8 Å². The predicted molar refractivity (Wildman–Crippen MR) is 153 cm³/mol. The van der Waals surface area contributed by atoms with Crippen molar-refractivity contribution in [3.63, 3.8) is 0 Å². The van der Waals surface area contributed by atoms with Gasteiger partial charge in [-0.05, 0) is 49.7 Å². The molecule has 12 N–H and O–H groups in total. The number of hydrogen-bond acceptors (Lipinski definition) is 8. The highest BCUT2D eigenvalue weighted by molar-refractivity contribution is 7.98. The Kier molecular flexibility index (Phi) is 15.8. The van der Waals surface area contributed by atoms with Crippen LogP contribution < -0.4 is 38.9 Å². The Hall–Kier alpha value is -3.85. The van der Waals surface area contributed by atoms with E-state index in [1.807, 2.05) is 36.6 Å². The Labute approximate surface area is 237 Å². The molecule has 40 heavy (non-hydrogen) atoms. The van der Waals surface area contributed by atoms with Gasteiger partial charge in [0.2, 0.25) is 23.6 Å². The van der Waals surface area contributed by atoms with Crippen molar-refractivity contribution in [1.82, 2.24) is 16.0 Å². The second kappa shape index (κ2) is 18.4. The minimum Gasteiger partial charge on any atom is -0.480 e. The topological polar surface area (TPSA) is 258 Å². The molecular weight excluding hydrogens is 540 g/mol. The molecule has 4 atom stereocenters. The molecule has 1 aromatic carbocycles. The lowest BCUT2D eigenvalue weighted by molar-refractivity contribution is -0.142. The maximum absolute atomic E-state index is 13.3. The summed E-state index contributed by atoms with van der Waals surface area (Å²) in [4.78, 5) is 65.7. The molecule has 0 aromatic heterocycles. The summed E-state index contributed by atoms with van der Waals surface area (Å²) in [6.45, 7) is 0.203. The maximum Gasteiger partial charge on any atom is 0.326 e. The molecule has 0 heterocycles. The Bertz CT molecular complexity index is 1020. The summed E-state index contributed by atoms with van der Waals surface area (Å²) in [5, 5.41) is 17.0. The number of carbonyl (C=O) groups is 5. The Morgan fingerprint density at radius 1 is 0.875 bits per heavy atom. The lowest BCUT2D eigenvalue weighted by Crippen LogP contribution is -2.57. The van der Waals surface area contributed by atoms with Gasteiger partial charge in [0.15, 0.2) is 5.96 Å². The van der Waals surface area contributed by atoms with E-state index >= 15 is 0 Å². The summed E-state index contributed by atoms with van der Waals surface area (Å²) < 4.78 is 0. The van der Waals surface area contributed by atoms with Gasteiger partial charge >= 0.3 is 5.97 Å². The quantitative estimate of drug-likeness (QED) is 0.0515. The van der Waals surface area contributed by atoms with Crippen molar-refractivity contribution < 1.29 is 29.1 Å². The molecule has 14 nitrogen and oxygen atoms in total. The smallest absolute Gasteiger partial charge is 0.326 e. The third kappa shape index (κ3) is 13.8. The van der Waals surface area contributed by atoms with E-state index < -0.39 is 53.8 Å². The number of rotatable bonds is 19. The van der Waals surface area contributed by atoms with Crippen LogP contribution in [0.15, 0.2) is 35.3 Å². The number of hydrogen-bond donors (Lipinski definition) is 8. The maximum atomic E-state index is 13.3. The van der Waals surface area contributed by atoms with Crippen molar-refractivity contribution in [2.24, 2.45) is 27.9 Å². The molecule has 15 heteroatoms. The van der Waals surface area contributed by atoms with E-state index in [0.29, 0.717) is 12.2 Å². The van der Waals surface area contributed by atoms with Gasteiger partial charge in [-0.25, -0.2) is 4.79 Å². The van der Waals surface area contributed by atoms with Crippen LogP contribution in [-0.4, -0.2) is 83.4 Å². The highest BCUT2D eigenvalue weighted by atomic mass is 32.2.